The molecular weight excluding hydrogens is 290 g/mol. The lowest BCUT2D eigenvalue weighted by molar-refractivity contribution is 0.0948. The maximum Gasteiger partial charge on any atom is 0.272 e. The molecule has 0 saturated heterocycles. The number of aromatic nitrogens is 4. The lowest BCUT2D eigenvalue weighted by atomic mass is 9.96. The zero-order valence-corrected chi connectivity index (χ0v) is 12.9. The third-order valence-corrected chi connectivity index (χ3v) is 4.42. The minimum absolute atomic E-state index is 0.0924. The maximum atomic E-state index is 12.3. The number of nitrogens with one attached hydrogen (secondary N) is 2. The van der Waals surface area contributed by atoms with E-state index in [4.69, 9.17) is 0 Å². The van der Waals surface area contributed by atoms with Crippen LogP contribution in [0, 0.1) is 0 Å². The topological polar surface area (TPSA) is 75.1 Å². The van der Waals surface area contributed by atoms with E-state index in [2.05, 4.69) is 20.5 Å². The van der Waals surface area contributed by atoms with Crippen LogP contribution < -0.4 is 5.32 Å². The first-order valence-corrected chi connectivity index (χ1v) is 8.08. The van der Waals surface area contributed by atoms with Gasteiger partial charge in [0, 0.05) is 30.4 Å². The highest BCUT2D eigenvalue weighted by Gasteiger charge is 2.21. The molecule has 0 atom stereocenters. The number of hydrogen-bond acceptors (Lipinski definition) is 3. The number of H-pyrrole nitrogens is 1. The Labute approximate surface area is 133 Å². The average molecular weight is 309 g/mol. The van der Waals surface area contributed by atoms with Crippen molar-refractivity contribution in [2.45, 2.75) is 32.1 Å². The number of carbonyl (C=O) groups excluding carboxylic acids is 1. The van der Waals surface area contributed by atoms with Gasteiger partial charge in [0.2, 0.25) is 0 Å². The molecule has 0 saturated carbocycles. The normalized spacial score (nSPS) is 13.9. The molecule has 0 aliphatic heterocycles. The molecule has 0 bridgehead atoms. The molecule has 23 heavy (non-hydrogen) atoms. The minimum Gasteiger partial charge on any atom is -0.350 e. The third kappa shape index (κ3) is 2.60. The summed E-state index contributed by atoms with van der Waals surface area (Å²) >= 11 is 0. The van der Waals surface area contributed by atoms with Crippen molar-refractivity contribution in [3.05, 3.63) is 53.4 Å². The quantitative estimate of drug-likeness (QED) is 0.773. The highest BCUT2D eigenvalue weighted by atomic mass is 16.1. The van der Waals surface area contributed by atoms with Gasteiger partial charge in [-0.25, -0.2) is 4.98 Å². The summed E-state index contributed by atoms with van der Waals surface area (Å²) in [5, 5.41) is 10.2. The van der Waals surface area contributed by atoms with E-state index in [1.54, 1.807) is 0 Å². The molecule has 3 aromatic rings. The minimum atomic E-state index is -0.0924. The zero-order chi connectivity index (χ0) is 15.6. The van der Waals surface area contributed by atoms with Crippen molar-refractivity contribution in [1.29, 1.82) is 0 Å². The molecule has 6 nitrogen and oxygen atoms in total. The highest BCUT2D eigenvalue weighted by Crippen LogP contribution is 2.21. The number of hydrogen-bond donors (Lipinski definition) is 2. The van der Waals surface area contributed by atoms with Crippen molar-refractivity contribution in [2.24, 2.45) is 0 Å². The summed E-state index contributed by atoms with van der Waals surface area (Å²) in [5.41, 5.74) is 3.85. The highest BCUT2D eigenvalue weighted by molar-refractivity contribution is 5.94. The molecular formula is C17H19N5O. The van der Waals surface area contributed by atoms with Crippen LogP contribution in [-0.2, 0) is 19.3 Å². The molecule has 4 rings (SSSR count). The first-order valence-electron chi connectivity index (χ1n) is 8.08. The van der Waals surface area contributed by atoms with Crippen LogP contribution in [0.3, 0.4) is 0 Å². The van der Waals surface area contributed by atoms with Gasteiger partial charge in [-0.05, 0) is 37.8 Å². The second kappa shape index (κ2) is 5.87. The third-order valence-electron chi connectivity index (χ3n) is 4.42. The molecule has 3 aromatic heterocycles. The number of imidazole rings is 1. The predicted molar refractivity (Wildman–Crippen MR) is 86.5 cm³/mol. The van der Waals surface area contributed by atoms with E-state index < -0.39 is 0 Å². The van der Waals surface area contributed by atoms with Gasteiger partial charge in [-0.2, -0.15) is 5.10 Å². The Morgan fingerprint density at radius 1 is 1.30 bits per heavy atom. The second-order valence-corrected chi connectivity index (χ2v) is 5.91. The molecule has 6 heteroatoms. The van der Waals surface area contributed by atoms with Gasteiger partial charge in [0.15, 0.2) is 5.69 Å². The Hall–Kier alpha value is -2.63. The molecule has 2 N–H and O–H groups in total. The van der Waals surface area contributed by atoms with E-state index >= 15 is 0 Å². The maximum absolute atomic E-state index is 12.3. The Bertz CT molecular complexity index is 848. The van der Waals surface area contributed by atoms with Crippen LogP contribution in [0.2, 0.25) is 0 Å². The van der Waals surface area contributed by atoms with E-state index in [0.29, 0.717) is 18.7 Å². The lowest BCUT2D eigenvalue weighted by Gasteiger charge is -2.11. The number of aromatic amines is 1. The van der Waals surface area contributed by atoms with Gasteiger partial charge in [0.05, 0.1) is 11.7 Å². The fourth-order valence-electron chi connectivity index (χ4n) is 3.22. The Morgan fingerprint density at radius 2 is 2.22 bits per heavy atom. The molecule has 0 spiro atoms. The molecule has 0 aromatic carbocycles. The number of aryl methyl sites for hydroxylation is 1. The van der Waals surface area contributed by atoms with Crippen LogP contribution in [0.15, 0.2) is 30.6 Å². The van der Waals surface area contributed by atoms with E-state index in [0.717, 1.165) is 41.9 Å². The van der Waals surface area contributed by atoms with Gasteiger partial charge in [-0.3, -0.25) is 9.89 Å². The van der Waals surface area contributed by atoms with Crippen molar-refractivity contribution in [3.8, 4) is 0 Å². The number of nitrogens with zero attached hydrogens (tertiary/aromatic N) is 3. The molecule has 1 aliphatic rings. The molecule has 118 valence electrons. The first-order chi connectivity index (χ1) is 11.3. The van der Waals surface area contributed by atoms with E-state index in [-0.39, 0.29) is 5.91 Å². The zero-order valence-electron chi connectivity index (χ0n) is 12.9. The summed E-state index contributed by atoms with van der Waals surface area (Å²) in [7, 11) is 0. The molecule has 0 unspecified atom stereocenters. The number of rotatable bonds is 4. The molecule has 1 aliphatic carbocycles. The van der Waals surface area contributed by atoms with Gasteiger partial charge in [0.25, 0.3) is 5.91 Å². The largest absolute Gasteiger partial charge is 0.350 e. The van der Waals surface area contributed by atoms with Gasteiger partial charge in [-0.1, -0.05) is 6.07 Å². The SMILES string of the molecule is O=C(NCCc1ncc2ccccn12)c1n[nH]c2c1CCCC2. The summed E-state index contributed by atoms with van der Waals surface area (Å²) in [6, 6.07) is 5.99. The Morgan fingerprint density at radius 3 is 3.17 bits per heavy atom. The number of amides is 1. The Kier molecular flexibility index (Phi) is 3.57. The van der Waals surface area contributed by atoms with E-state index in [1.165, 1.54) is 6.42 Å². The number of carbonyl (C=O) groups is 1. The fraction of sp³-hybridized carbons (Fsp3) is 0.353. The molecule has 0 fully saturated rings. The summed E-state index contributed by atoms with van der Waals surface area (Å²) in [6.45, 7) is 0.550. The smallest absolute Gasteiger partial charge is 0.272 e. The average Bonchev–Trinajstić information content (AvgIpc) is 3.19. The van der Waals surface area contributed by atoms with Gasteiger partial charge in [-0.15, -0.1) is 0 Å². The summed E-state index contributed by atoms with van der Waals surface area (Å²) in [5.74, 6) is 0.857. The van der Waals surface area contributed by atoms with Crippen LogP contribution >= 0.6 is 0 Å². The van der Waals surface area contributed by atoms with Crippen LogP contribution in [0.5, 0.6) is 0 Å². The van der Waals surface area contributed by atoms with Crippen LogP contribution in [0.25, 0.3) is 5.52 Å². The summed E-state index contributed by atoms with van der Waals surface area (Å²) < 4.78 is 2.04. The van der Waals surface area contributed by atoms with Crippen LogP contribution in [0.1, 0.15) is 40.4 Å². The van der Waals surface area contributed by atoms with Gasteiger partial charge < -0.3 is 9.72 Å². The van der Waals surface area contributed by atoms with Crippen molar-refractivity contribution >= 4 is 11.4 Å². The van der Waals surface area contributed by atoms with Gasteiger partial charge in [0.1, 0.15) is 5.82 Å². The van der Waals surface area contributed by atoms with Crippen molar-refractivity contribution in [1.82, 2.24) is 24.9 Å². The summed E-state index contributed by atoms with van der Waals surface area (Å²) in [4.78, 5) is 16.8. The van der Waals surface area contributed by atoms with Crippen LogP contribution in [-0.4, -0.2) is 32.0 Å². The first kappa shape index (κ1) is 14.0. The van der Waals surface area contributed by atoms with Crippen LogP contribution in [0.4, 0.5) is 0 Å². The molecule has 0 radical (unpaired) electrons. The number of fused-ring (bicyclic) bond motifs is 2. The van der Waals surface area contributed by atoms with Crippen molar-refractivity contribution < 1.29 is 4.79 Å². The number of pyridine rings is 1. The standard InChI is InChI=1S/C17H19N5O/c23-17(16-13-6-1-2-7-14(13)20-21-16)18-9-8-15-19-11-12-5-3-4-10-22(12)15/h3-5,10-11H,1-2,6-9H2,(H,18,23)(H,20,21). The monoisotopic (exact) mass is 309 g/mol. The molecule has 1 amide bonds. The second-order valence-electron chi connectivity index (χ2n) is 5.91. The van der Waals surface area contributed by atoms with Crippen molar-refractivity contribution in [2.75, 3.05) is 6.54 Å². The Balaban J connectivity index is 1.41. The summed E-state index contributed by atoms with van der Waals surface area (Å²) in [6.07, 6.45) is 8.77. The predicted octanol–water partition coefficient (Wildman–Crippen LogP) is 1.91. The lowest BCUT2D eigenvalue weighted by Crippen LogP contribution is -2.27. The molecule has 3 heterocycles. The van der Waals surface area contributed by atoms with E-state index in [9.17, 15) is 4.79 Å². The van der Waals surface area contributed by atoms with E-state index in [1.807, 2.05) is 35.0 Å². The van der Waals surface area contributed by atoms with Crippen molar-refractivity contribution in [3.63, 3.8) is 0 Å². The van der Waals surface area contributed by atoms with Gasteiger partial charge >= 0.3 is 0 Å². The fourth-order valence-corrected chi connectivity index (χ4v) is 3.22.